The van der Waals surface area contributed by atoms with Crippen LogP contribution in [0.1, 0.15) is 44.3 Å². The summed E-state index contributed by atoms with van der Waals surface area (Å²) < 4.78 is 11.0. The molecule has 1 fully saturated rings. The van der Waals surface area contributed by atoms with E-state index < -0.39 is 6.10 Å². The predicted molar refractivity (Wildman–Crippen MR) is 65.5 cm³/mol. The zero-order chi connectivity index (χ0) is 12.5. The second-order valence-electron chi connectivity index (χ2n) is 5.47. The van der Waals surface area contributed by atoms with Crippen LogP contribution < -0.4 is 0 Å². The Morgan fingerprint density at radius 1 is 1.18 bits per heavy atom. The molecule has 0 saturated carbocycles. The first-order valence-corrected chi connectivity index (χ1v) is 6.00. The highest BCUT2D eigenvalue weighted by atomic mass is 16.7. The van der Waals surface area contributed by atoms with Gasteiger partial charge in [0.2, 0.25) is 0 Å². The molecule has 1 N–H and O–H groups in total. The molecular formula is C14H20O3. The largest absolute Gasteiger partial charge is 0.388 e. The summed E-state index contributed by atoms with van der Waals surface area (Å²) in [5.41, 5.74) is 1.63. The van der Waals surface area contributed by atoms with E-state index in [-0.39, 0.29) is 11.7 Å². The highest BCUT2D eigenvalue weighted by Gasteiger charge is 2.29. The van der Waals surface area contributed by atoms with E-state index in [4.69, 9.17) is 9.47 Å². The van der Waals surface area contributed by atoms with E-state index in [1.165, 1.54) is 0 Å². The second-order valence-corrected chi connectivity index (χ2v) is 5.47. The Labute approximate surface area is 102 Å². The normalized spacial score (nSPS) is 19.5. The van der Waals surface area contributed by atoms with Crippen molar-refractivity contribution >= 4 is 0 Å². The molecule has 1 aliphatic rings. The van der Waals surface area contributed by atoms with Crippen molar-refractivity contribution in [2.24, 2.45) is 5.41 Å². The molecule has 94 valence electrons. The fourth-order valence-corrected chi connectivity index (χ4v) is 1.98. The lowest BCUT2D eigenvalue weighted by molar-refractivity contribution is -0.0476. The van der Waals surface area contributed by atoms with Gasteiger partial charge in [-0.2, -0.15) is 0 Å². The van der Waals surface area contributed by atoms with Crippen molar-refractivity contribution in [3.05, 3.63) is 35.4 Å². The average molecular weight is 236 g/mol. The van der Waals surface area contributed by atoms with Gasteiger partial charge in [0.1, 0.15) is 0 Å². The minimum Gasteiger partial charge on any atom is -0.388 e. The Balaban J connectivity index is 2.33. The van der Waals surface area contributed by atoms with Crippen LogP contribution in [0.2, 0.25) is 0 Å². The maximum Gasteiger partial charge on any atom is 0.184 e. The van der Waals surface area contributed by atoms with Crippen LogP contribution in [0.15, 0.2) is 24.3 Å². The second kappa shape index (κ2) is 4.77. The molecule has 0 bridgehead atoms. The van der Waals surface area contributed by atoms with E-state index in [0.717, 1.165) is 11.1 Å². The number of hydrogen-bond donors (Lipinski definition) is 1. The Morgan fingerprint density at radius 3 is 2.35 bits per heavy atom. The molecule has 1 aromatic carbocycles. The van der Waals surface area contributed by atoms with Gasteiger partial charge in [0.15, 0.2) is 6.29 Å². The van der Waals surface area contributed by atoms with Crippen molar-refractivity contribution in [3.8, 4) is 0 Å². The molecule has 1 heterocycles. The molecule has 1 aromatic rings. The van der Waals surface area contributed by atoms with Crippen LogP contribution in [0.25, 0.3) is 0 Å². The summed E-state index contributed by atoms with van der Waals surface area (Å²) >= 11 is 0. The highest BCUT2D eigenvalue weighted by molar-refractivity contribution is 5.31. The summed E-state index contributed by atoms with van der Waals surface area (Å²) in [6.07, 6.45) is -0.852. The van der Waals surface area contributed by atoms with Gasteiger partial charge in [0.05, 0.1) is 19.3 Å². The van der Waals surface area contributed by atoms with Crippen LogP contribution >= 0.6 is 0 Å². The number of rotatable bonds is 2. The molecule has 1 saturated heterocycles. The number of benzene rings is 1. The summed E-state index contributed by atoms with van der Waals surface area (Å²) in [6, 6.07) is 7.78. The Kier molecular flexibility index (Phi) is 3.52. The van der Waals surface area contributed by atoms with Crippen molar-refractivity contribution in [1.82, 2.24) is 0 Å². The fourth-order valence-electron chi connectivity index (χ4n) is 1.98. The van der Waals surface area contributed by atoms with Crippen molar-refractivity contribution in [2.45, 2.75) is 33.2 Å². The van der Waals surface area contributed by atoms with Gasteiger partial charge in [-0.15, -0.1) is 0 Å². The molecule has 0 amide bonds. The number of ether oxygens (including phenoxy) is 2. The van der Waals surface area contributed by atoms with Gasteiger partial charge in [-0.3, -0.25) is 0 Å². The lowest BCUT2D eigenvalue weighted by atomic mass is 9.83. The van der Waals surface area contributed by atoms with Crippen LogP contribution in [0, 0.1) is 5.41 Å². The zero-order valence-electron chi connectivity index (χ0n) is 10.6. The molecule has 0 aliphatic carbocycles. The molecule has 1 aliphatic heterocycles. The lowest BCUT2D eigenvalue weighted by Crippen LogP contribution is -2.20. The summed E-state index contributed by atoms with van der Waals surface area (Å²) in [7, 11) is 0. The van der Waals surface area contributed by atoms with Crippen molar-refractivity contribution in [2.75, 3.05) is 13.2 Å². The maximum atomic E-state index is 10.4. The lowest BCUT2D eigenvalue weighted by Gasteiger charge is -2.28. The molecule has 1 unspecified atom stereocenters. The Bertz CT molecular complexity index is 375. The van der Waals surface area contributed by atoms with Gasteiger partial charge in [-0.05, 0) is 11.0 Å². The molecule has 0 radical (unpaired) electrons. The van der Waals surface area contributed by atoms with Gasteiger partial charge in [0, 0.05) is 5.56 Å². The van der Waals surface area contributed by atoms with Gasteiger partial charge in [-0.25, -0.2) is 0 Å². The molecule has 0 aromatic heterocycles. The maximum absolute atomic E-state index is 10.4. The highest BCUT2D eigenvalue weighted by Crippen LogP contribution is 2.37. The molecule has 1 atom stereocenters. The zero-order valence-corrected chi connectivity index (χ0v) is 10.6. The van der Waals surface area contributed by atoms with Crippen LogP contribution in [0.4, 0.5) is 0 Å². The minimum atomic E-state index is -0.522. The standard InChI is InChI=1S/C14H20O3/c1-14(2,3)12(15)10-6-4-5-7-11(10)13-16-8-9-17-13/h4-7,12-13,15H,8-9H2,1-3H3. The topological polar surface area (TPSA) is 38.7 Å². The third kappa shape index (κ3) is 2.68. The summed E-state index contributed by atoms with van der Waals surface area (Å²) in [5.74, 6) is 0. The molecule has 3 nitrogen and oxygen atoms in total. The predicted octanol–water partition coefficient (Wildman–Crippen LogP) is 2.81. The van der Waals surface area contributed by atoms with Crippen LogP contribution in [-0.4, -0.2) is 18.3 Å². The van der Waals surface area contributed by atoms with E-state index >= 15 is 0 Å². The van der Waals surface area contributed by atoms with Gasteiger partial charge < -0.3 is 14.6 Å². The monoisotopic (exact) mass is 236 g/mol. The number of aliphatic hydroxyl groups is 1. The van der Waals surface area contributed by atoms with Crippen LogP contribution in [-0.2, 0) is 9.47 Å². The van der Waals surface area contributed by atoms with Crippen LogP contribution in [0.3, 0.4) is 0 Å². The first-order chi connectivity index (χ1) is 8.00. The van der Waals surface area contributed by atoms with E-state index in [9.17, 15) is 5.11 Å². The van der Waals surface area contributed by atoms with E-state index in [0.29, 0.717) is 13.2 Å². The quantitative estimate of drug-likeness (QED) is 0.858. The first kappa shape index (κ1) is 12.6. The molecular weight excluding hydrogens is 216 g/mol. The SMILES string of the molecule is CC(C)(C)C(O)c1ccccc1C1OCCO1. The molecule has 2 rings (SSSR count). The van der Waals surface area contributed by atoms with E-state index in [2.05, 4.69) is 0 Å². The summed E-state index contributed by atoms with van der Waals surface area (Å²) in [5, 5.41) is 10.4. The summed E-state index contributed by atoms with van der Waals surface area (Å²) in [6.45, 7) is 7.29. The molecule has 17 heavy (non-hydrogen) atoms. The van der Waals surface area contributed by atoms with E-state index in [1.807, 2.05) is 45.0 Å². The molecule has 0 spiro atoms. The third-order valence-corrected chi connectivity index (χ3v) is 2.99. The smallest absolute Gasteiger partial charge is 0.184 e. The van der Waals surface area contributed by atoms with Gasteiger partial charge in [-0.1, -0.05) is 45.0 Å². The Hall–Kier alpha value is -0.900. The third-order valence-electron chi connectivity index (χ3n) is 2.99. The van der Waals surface area contributed by atoms with Gasteiger partial charge >= 0.3 is 0 Å². The van der Waals surface area contributed by atoms with Crippen LogP contribution in [0.5, 0.6) is 0 Å². The van der Waals surface area contributed by atoms with Crippen molar-refractivity contribution in [1.29, 1.82) is 0 Å². The van der Waals surface area contributed by atoms with Crippen molar-refractivity contribution < 1.29 is 14.6 Å². The average Bonchev–Trinajstić information content (AvgIpc) is 2.80. The number of aliphatic hydroxyl groups excluding tert-OH is 1. The summed E-state index contributed by atoms with van der Waals surface area (Å²) in [4.78, 5) is 0. The fraction of sp³-hybridized carbons (Fsp3) is 0.571. The Morgan fingerprint density at radius 2 is 1.76 bits per heavy atom. The number of hydrogen-bond acceptors (Lipinski definition) is 3. The first-order valence-electron chi connectivity index (χ1n) is 6.00. The van der Waals surface area contributed by atoms with Gasteiger partial charge in [0.25, 0.3) is 0 Å². The molecule has 3 heteroatoms. The van der Waals surface area contributed by atoms with Crippen molar-refractivity contribution in [3.63, 3.8) is 0 Å². The van der Waals surface area contributed by atoms with E-state index in [1.54, 1.807) is 0 Å². The minimum absolute atomic E-state index is 0.200.